The van der Waals surface area contributed by atoms with E-state index in [2.05, 4.69) is 41.2 Å². The summed E-state index contributed by atoms with van der Waals surface area (Å²) in [6, 6.07) is 6.18. The SMILES string of the molecule is CCCNC(C)c1cc(Br)ccc1OCCC(=O)N(C)C. The van der Waals surface area contributed by atoms with Crippen LogP contribution in [-0.2, 0) is 4.79 Å². The normalized spacial score (nSPS) is 12.0. The molecule has 1 aromatic rings. The molecule has 1 aromatic carbocycles. The number of carbonyl (C=O) groups excluding carboxylic acids is 1. The van der Waals surface area contributed by atoms with Crippen LogP contribution < -0.4 is 10.1 Å². The third kappa shape index (κ3) is 6.06. The summed E-state index contributed by atoms with van der Waals surface area (Å²) in [5.74, 6) is 0.909. The number of halogens is 1. The predicted molar refractivity (Wildman–Crippen MR) is 89.7 cm³/mol. The maximum atomic E-state index is 11.6. The first-order valence-corrected chi connectivity index (χ1v) is 8.10. The molecule has 4 nitrogen and oxygen atoms in total. The molecule has 1 atom stereocenters. The fraction of sp³-hybridized carbons (Fsp3) is 0.562. The minimum atomic E-state index is 0.0748. The van der Waals surface area contributed by atoms with E-state index in [1.54, 1.807) is 19.0 Å². The van der Waals surface area contributed by atoms with Gasteiger partial charge in [-0.3, -0.25) is 4.79 Å². The van der Waals surface area contributed by atoms with Gasteiger partial charge in [0.05, 0.1) is 13.0 Å². The summed E-state index contributed by atoms with van der Waals surface area (Å²) in [5, 5.41) is 3.46. The number of ether oxygens (including phenoxy) is 1. The first-order valence-electron chi connectivity index (χ1n) is 7.31. The zero-order chi connectivity index (χ0) is 15.8. The van der Waals surface area contributed by atoms with Crippen LogP contribution in [0.3, 0.4) is 0 Å². The van der Waals surface area contributed by atoms with Gasteiger partial charge >= 0.3 is 0 Å². The lowest BCUT2D eigenvalue weighted by Gasteiger charge is -2.19. The van der Waals surface area contributed by atoms with Crippen molar-refractivity contribution in [3.8, 4) is 5.75 Å². The molecule has 0 aliphatic rings. The minimum absolute atomic E-state index is 0.0748. The van der Waals surface area contributed by atoms with E-state index < -0.39 is 0 Å². The van der Waals surface area contributed by atoms with E-state index in [1.807, 2.05) is 12.1 Å². The summed E-state index contributed by atoms with van der Waals surface area (Å²) in [7, 11) is 3.51. The molecule has 1 N–H and O–H groups in total. The van der Waals surface area contributed by atoms with Gasteiger partial charge < -0.3 is 15.0 Å². The highest BCUT2D eigenvalue weighted by Gasteiger charge is 2.12. The Morgan fingerprint density at radius 1 is 1.43 bits per heavy atom. The van der Waals surface area contributed by atoms with Gasteiger partial charge in [0.1, 0.15) is 5.75 Å². The number of carbonyl (C=O) groups is 1. The zero-order valence-corrected chi connectivity index (χ0v) is 14.9. The van der Waals surface area contributed by atoms with E-state index in [-0.39, 0.29) is 11.9 Å². The van der Waals surface area contributed by atoms with Gasteiger partial charge in [0.25, 0.3) is 0 Å². The van der Waals surface area contributed by atoms with Gasteiger partial charge in [-0.25, -0.2) is 0 Å². The van der Waals surface area contributed by atoms with E-state index in [9.17, 15) is 4.79 Å². The van der Waals surface area contributed by atoms with E-state index in [0.717, 1.165) is 28.8 Å². The molecule has 0 saturated carbocycles. The van der Waals surface area contributed by atoms with Crippen LogP contribution in [0, 0.1) is 0 Å². The predicted octanol–water partition coefficient (Wildman–Crippen LogP) is 3.37. The van der Waals surface area contributed by atoms with Crippen LogP contribution in [-0.4, -0.2) is 38.1 Å². The average molecular weight is 357 g/mol. The van der Waals surface area contributed by atoms with Crippen LogP contribution in [0.25, 0.3) is 0 Å². The number of benzene rings is 1. The zero-order valence-electron chi connectivity index (χ0n) is 13.3. The van der Waals surface area contributed by atoms with Crippen LogP contribution in [0.5, 0.6) is 5.75 Å². The second kappa shape index (κ2) is 9.05. The van der Waals surface area contributed by atoms with Crippen LogP contribution >= 0.6 is 15.9 Å². The highest BCUT2D eigenvalue weighted by atomic mass is 79.9. The quantitative estimate of drug-likeness (QED) is 0.776. The topological polar surface area (TPSA) is 41.6 Å². The lowest BCUT2D eigenvalue weighted by Crippen LogP contribution is -2.24. The molecule has 5 heteroatoms. The van der Waals surface area contributed by atoms with Crippen molar-refractivity contribution in [2.75, 3.05) is 27.2 Å². The van der Waals surface area contributed by atoms with Crippen molar-refractivity contribution in [3.05, 3.63) is 28.2 Å². The number of rotatable bonds is 8. The molecule has 118 valence electrons. The fourth-order valence-electron chi connectivity index (χ4n) is 1.93. The molecule has 1 rings (SSSR count). The molecule has 0 heterocycles. The summed E-state index contributed by atoms with van der Waals surface area (Å²) in [4.78, 5) is 13.2. The molecule has 0 radical (unpaired) electrons. The Bertz CT molecular complexity index is 464. The molecule has 0 spiro atoms. The molecule has 21 heavy (non-hydrogen) atoms. The second-order valence-electron chi connectivity index (χ2n) is 5.24. The smallest absolute Gasteiger partial charge is 0.225 e. The third-order valence-corrected chi connectivity index (χ3v) is 3.70. The highest BCUT2D eigenvalue weighted by molar-refractivity contribution is 9.10. The highest BCUT2D eigenvalue weighted by Crippen LogP contribution is 2.28. The van der Waals surface area contributed by atoms with Crippen molar-refractivity contribution >= 4 is 21.8 Å². The van der Waals surface area contributed by atoms with E-state index >= 15 is 0 Å². The Morgan fingerprint density at radius 2 is 2.14 bits per heavy atom. The van der Waals surface area contributed by atoms with Crippen molar-refractivity contribution in [3.63, 3.8) is 0 Å². The number of nitrogens with zero attached hydrogens (tertiary/aromatic N) is 1. The molecule has 0 aliphatic heterocycles. The standard InChI is InChI=1S/C16H25BrN2O2/c1-5-9-18-12(2)14-11-13(17)6-7-15(14)21-10-8-16(20)19(3)4/h6-7,11-12,18H,5,8-10H2,1-4H3. The summed E-state index contributed by atoms with van der Waals surface area (Å²) >= 11 is 3.50. The maximum absolute atomic E-state index is 11.6. The lowest BCUT2D eigenvalue weighted by atomic mass is 10.1. The summed E-state index contributed by atoms with van der Waals surface area (Å²) < 4.78 is 6.83. The van der Waals surface area contributed by atoms with Gasteiger partial charge in [0.15, 0.2) is 0 Å². The first-order chi connectivity index (χ1) is 9.95. The van der Waals surface area contributed by atoms with Gasteiger partial charge in [-0.2, -0.15) is 0 Å². The Hall–Kier alpha value is -1.07. The van der Waals surface area contributed by atoms with E-state index in [0.29, 0.717) is 13.0 Å². The Morgan fingerprint density at radius 3 is 2.76 bits per heavy atom. The van der Waals surface area contributed by atoms with Gasteiger partial charge in [0.2, 0.25) is 5.91 Å². The molecule has 1 amide bonds. The lowest BCUT2D eigenvalue weighted by molar-refractivity contribution is -0.129. The average Bonchev–Trinajstić information content (AvgIpc) is 2.45. The molecule has 0 bridgehead atoms. The number of amides is 1. The van der Waals surface area contributed by atoms with Crippen molar-refractivity contribution in [1.29, 1.82) is 0 Å². The Labute approximate surface area is 136 Å². The maximum Gasteiger partial charge on any atom is 0.225 e. The molecular weight excluding hydrogens is 332 g/mol. The van der Waals surface area contributed by atoms with Crippen LogP contribution in [0.1, 0.15) is 38.3 Å². The van der Waals surface area contributed by atoms with E-state index in [1.165, 1.54) is 0 Å². The van der Waals surface area contributed by atoms with E-state index in [4.69, 9.17) is 4.74 Å². The summed E-state index contributed by atoms with van der Waals surface area (Å²) in [5.41, 5.74) is 1.11. The van der Waals surface area contributed by atoms with Crippen molar-refractivity contribution in [2.24, 2.45) is 0 Å². The molecule has 0 fully saturated rings. The number of hydrogen-bond donors (Lipinski definition) is 1. The van der Waals surface area contributed by atoms with Gasteiger partial charge in [-0.1, -0.05) is 22.9 Å². The summed E-state index contributed by atoms with van der Waals surface area (Å²) in [6.07, 6.45) is 1.48. The molecular formula is C16H25BrN2O2. The van der Waals surface area contributed by atoms with Gasteiger partial charge in [0, 0.05) is 30.2 Å². The fourth-order valence-corrected chi connectivity index (χ4v) is 2.31. The molecule has 0 saturated heterocycles. The van der Waals surface area contributed by atoms with Gasteiger partial charge in [-0.15, -0.1) is 0 Å². The third-order valence-electron chi connectivity index (χ3n) is 3.21. The minimum Gasteiger partial charge on any atom is -0.493 e. The molecule has 0 aliphatic carbocycles. The summed E-state index contributed by atoms with van der Waals surface area (Å²) in [6.45, 7) is 5.62. The van der Waals surface area contributed by atoms with Crippen LogP contribution in [0.15, 0.2) is 22.7 Å². The second-order valence-corrected chi connectivity index (χ2v) is 6.16. The van der Waals surface area contributed by atoms with Crippen LogP contribution in [0.4, 0.5) is 0 Å². The van der Waals surface area contributed by atoms with Crippen molar-refractivity contribution < 1.29 is 9.53 Å². The monoisotopic (exact) mass is 356 g/mol. The first kappa shape index (κ1) is 18.0. The van der Waals surface area contributed by atoms with Crippen molar-refractivity contribution in [1.82, 2.24) is 10.2 Å². The van der Waals surface area contributed by atoms with Crippen LogP contribution in [0.2, 0.25) is 0 Å². The molecule has 0 aromatic heterocycles. The Balaban J connectivity index is 2.70. The largest absolute Gasteiger partial charge is 0.493 e. The Kier molecular flexibility index (Phi) is 7.75. The van der Waals surface area contributed by atoms with Crippen molar-refractivity contribution in [2.45, 2.75) is 32.7 Å². The molecule has 1 unspecified atom stereocenters. The van der Waals surface area contributed by atoms with Gasteiger partial charge in [-0.05, 0) is 38.1 Å². The number of nitrogens with one attached hydrogen (secondary N) is 1. The number of hydrogen-bond acceptors (Lipinski definition) is 3.